The molecule has 0 aromatic carbocycles. The zero-order chi connectivity index (χ0) is 19.3. The van der Waals surface area contributed by atoms with E-state index >= 15 is 0 Å². The first-order valence-corrected chi connectivity index (χ1v) is 10.6. The van der Waals surface area contributed by atoms with Crippen LogP contribution in [0.1, 0.15) is 70.6 Å². The van der Waals surface area contributed by atoms with Crippen molar-refractivity contribution in [2.45, 2.75) is 76.2 Å². The molecule has 0 bridgehead atoms. The largest absolute Gasteiger partial charge is 0.369 e. The van der Waals surface area contributed by atoms with Gasteiger partial charge in [0.05, 0.1) is 12.5 Å². The molecule has 1 saturated heterocycles. The quantitative estimate of drug-likeness (QED) is 0.715. The van der Waals surface area contributed by atoms with Crippen molar-refractivity contribution >= 4 is 11.8 Å². The van der Waals surface area contributed by atoms with Crippen LogP contribution in [0.25, 0.3) is 0 Å². The first-order valence-electron chi connectivity index (χ1n) is 10.6. The van der Waals surface area contributed by atoms with E-state index in [4.69, 9.17) is 5.73 Å². The lowest BCUT2D eigenvalue weighted by Crippen LogP contribution is -2.54. The Morgan fingerprint density at radius 2 is 1.85 bits per heavy atom. The Morgan fingerprint density at radius 1 is 1.15 bits per heavy atom. The molecule has 2 amide bonds. The van der Waals surface area contributed by atoms with Crippen LogP contribution in [0, 0.1) is 29.1 Å². The molecule has 0 aromatic rings. The van der Waals surface area contributed by atoms with Crippen LogP contribution in [0.4, 0.5) is 0 Å². The molecule has 149 valence electrons. The highest BCUT2D eigenvalue weighted by Crippen LogP contribution is 2.40. The van der Waals surface area contributed by atoms with Crippen molar-refractivity contribution in [2.75, 3.05) is 19.6 Å². The predicted octanol–water partition coefficient (Wildman–Crippen LogP) is 2.29. The molecule has 3 aliphatic rings. The van der Waals surface area contributed by atoms with Gasteiger partial charge in [0.2, 0.25) is 11.8 Å². The van der Waals surface area contributed by atoms with E-state index in [1.807, 2.05) is 0 Å². The van der Waals surface area contributed by atoms with Crippen LogP contribution < -0.4 is 11.1 Å². The lowest BCUT2D eigenvalue weighted by molar-refractivity contribution is -0.134. The van der Waals surface area contributed by atoms with Crippen LogP contribution in [0.2, 0.25) is 0 Å². The number of hydrogen-bond acceptors (Lipinski definition) is 4. The molecule has 27 heavy (non-hydrogen) atoms. The molecule has 3 fully saturated rings. The normalized spacial score (nSPS) is 28.0. The van der Waals surface area contributed by atoms with E-state index in [1.54, 1.807) is 11.3 Å². The average Bonchev–Trinajstić information content (AvgIpc) is 3.37. The molecular formula is C21H33N4O2. The topological polar surface area (TPSA) is 99.2 Å². The van der Waals surface area contributed by atoms with E-state index in [-0.39, 0.29) is 11.8 Å². The van der Waals surface area contributed by atoms with Crippen LogP contribution in [0.3, 0.4) is 0 Å². The Labute approximate surface area is 162 Å². The summed E-state index contributed by atoms with van der Waals surface area (Å²) in [5, 5.41) is 13.1. The van der Waals surface area contributed by atoms with Crippen LogP contribution in [-0.2, 0) is 9.59 Å². The molecule has 0 spiro atoms. The number of nitrogens with zero attached hydrogens (tertiary/aromatic N) is 2. The van der Waals surface area contributed by atoms with E-state index in [2.05, 4.69) is 11.4 Å². The second kappa shape index (κ2) is 8.60. The Balaban J connectivity index is 1.72. The van der Waals surface area contributed by atoms with Gasteiger partial charge in [-0.3, -0.25) is 9.59 Å². The number of carbonyl (C=O) groups is 2. The van der Waals surface area contributed by atoms with Crippen molar-refractivity contribution in [3.8, 4) is 6.07 Å². The van der Waals surface area contributed by atoms with Gasteiger partial charge in [0.25, 0.3) is 0 Å². The zero-order valence-corrected chi connectivity index (χ0v) is 16.3. The molecule has 3 N–H and O–H groups in total. The number of amides is 2. The van der Waals surface area contributed by atoms with Gasteiger partial charge in [0.15, 0.2) is 0 Å². The van der Waals surface area contributed by atoms with E-state index < -0.39 is 11.0 Å². The smallest absolute Gasteiger partial charge is 0.227 e. The van der Waals surface area contributed by atoms with Gasteiger partial charge in [-0.05, 0) is 51.0 Å². The molecule has 1 unspecified atom stereocenters. The molecule has 6 nitrogen and oxygen atoms in total. The summed E-state index contributed by atoms with van der Waals surface area (Å²) in [5.74, 6) is 0.0948. The van der Waals surface area contributed by atoms with Crippen molar-refractivity contribution < 1.29 is 9.59 Å². The number of nitriles is 1. The monoisotopic (exact) mass is 373 g/mol. The summed E-state index contributed by atoms with van der Waals surface area (Å²) in [5.41, 5.74) is 4.38. The fourth-order valence-corrected chi connectivity index (χ4v) is 5.16. The first-order chi connectivity index (χ1) is 13.0. The zero-order valence-electron chi connectivity index (χ0n) is 16.3. The third kappa shape index (κ3) is 4.29. The molecule has 1 heterocycles. The van der Waals surface area contributed by atoms with Crippen LogP contribution >= 0.6 is 0 Å². The number of nitrogens with two attached hydrogens (primary N) is 1. The summed E-state index contributed by atoms with van der Waals surface area (Å²) >= 11 is 0. The molecule has 6 heteroatoms. The number of primary amides is 1. The Morgan fingerprint density at radius 3 is 2.41 bits per heavy atom. The molecule has 2 aliphatic carbocycles. The van der Waals surface area contributed by atoms with E-state index in [0.29, 0.717) is 31.8 Å². The fourth-order valence-electron chi connectivity index (χ4n) is 5.16. The summed E-state index contributed by atoms with van der Waals surface area (Å²) in [6, 6.07) is 2.43. The number of carbonyl (C=O) groups excluding carboxylic acids is 2. The van der Waals surface area contributed by atoms with Gasteiger partial charge in [0.1, 0.15) is 5.54 Å². The number of rotatable bonds is 7. The first kappa shape index (κ1) is 20.1. The second-order valence-electron chi connectivity index (χ2n) is 8.78. The third-order valence-corrected chi connectivity index (χ3v) is 7.04. The second-order valence-corrected chi connectivity index (χ2v) is 8.78. The van der Waals surface area contributed by atoms with Gasteiger partial charge in [-0.2, -0.15) is 5.26 Å². The molecule has 3 rings (SSSR count). The van der Waals surface area contributed by atoms with Crippen molar-refractivity contribution in [3.63, 3.8) is 0 Å². The van der Waals surface area contributed by atoms with Crippen molar-refractivity contribution in [1.82, 2.24) is 10.2 Å². The summed E-state index contributed by atoms with van der Waals surface area (Å²) < 4.78 is 0. The number of nitrogens with one attached hydrogen (secondary N) is 1. The lowest BCUT2D eigenvalue weighted by Gasteiger charge is -2.39. The Bertz CT molecular complexity index is 579. The Hall–Kier alpha value is -1.61. The molecular weight excluding hydrogens is 340 g/mol. The van der Waals surface area contributed by atoms with E-state index in [0.717, 1.165) is 51.5 Å². The summed E-state index contributed by atoms with van der Waals surface area (Å²) in [7, 11) is 0. The predicted molar refractivity (Wildman–Crippen MR) is 103 cm³/mol. The van der Waals surface area contributed by atoms with Gasteiger partial charge in [-0.15, -0.1) is 0 Å². The van der Waals surface area contributed by atoms with Crippen LogP contribution in [0.5, 0.6) is 0 Å². The van der Waals surface area contributed by atoms with Crippen molar-refractivity contribution in [1.29, 1.82) is 5.26 Å². The minimum atomic E-state index is -0.761. The fraction of sp³-hybridized carbons (Fsp3) is 0.810. The lowest BCUT2D eigenvalue weighted by atomic mass is 9.70. The molecule has 0 aromatic heterocycles. The molecule has 1 radical (unpaired) electrons. The van der Waals surface area contributed by atoms with Gasteiger partial charge >= 0.3 is 0 Å². The molecule has 1 atom stereocenters. The minimum absolute atomic E-state index is 0.0988. The average molecular weight is 374 g/mol. The van der Waals surface area contributed by atoms with Gasteiger partial charge in [-0.1, -0.05) is 32.1 Å². The minimum Gasteiger partial charge on any atom is -0.369 e. The van der Waals surface area contributed by atoms with Crippen molar-refractivity contribution in [2.24, 2.45) is 17.1 Å². The van der Waals surface area contributed by atoms with E-state index in [9.17, 15) is 14.9 Å². The highest BCUT2D eigenvalue weighted by atomic mass is 16.2. The van der Waals surface area contributed by atoms with Gasteiger partial charge < -0.3 is 16.0 Å². The summed E-state index contributed by atoms with van der Waals surface area (Å²) in [6.07, 6.45) is 12.0. The maximum Gasteiger partial charge on any atom is 0.227 e. The number of hydrogen-bond donors (Lipinski definition) is 2. The van der Waals surface area contributed by atoms with Crippen LogP contribution in [-0.4, -0.2) is 41.9 Å². The Kier molecular flexibility index (Phi) is 6.41. The van der Waals surface area contributed by atoms with Crippen LogP contribution in [0.15, 0.2) is 0 Å². The maximum absolute atomic E-state index is 13.2. The van der Waals surface area contributed by atoms with E-state index in [1.165, 1.54) is 12.8 Å². The summed E-state index contributed by atoms with van der Waals surface area (Å²) in [4.78, 5) is 27.2. The SMILES string of the molecule is N#CC1(N(CC2CCCC2)C(=O)[CH]CC2(C(N)=O)CCCCC2)CCNC1. The standard InChI is InChI=1S/C21H33N4O2/c22-15-21(12-13-24-16-21)25(14-17-6-2-3-7-17)18(26)8-11-20(19(23)27)9-4-1-5-10-20/h8,17,24H,1-7,9-14,16H2,(H2,23,27). The van der Waals surface area contributed by atoms with Gasteiger partial charge in [-0.25, -0.2) is 0 Å². The highest BCUT2D eigenvalue weighted by Gasteiger charge is 2.45. The summed E-state index contributed by atoms with van der Waals surface area (Å²) in [6.45, 7) is 1.93. The maximum atomic E-state index is 13.2. The third-order valence-electron chi connectivity index (χ3n) is 7.04. The molecule has 2 saturated carbocycles. The van der Waals surface area contributed by atoms with Crippen molar-refractivity contribution in [3.05, 3.63) is 6.42 Å². The van der Waals surface area contributed by atoms with Gasteiger partial charge in [0, 0.05) is 18.5 Å². The highest BCUT2D eigenvalue weighted by molar-refractivity contribution is 5.88. The molecule has 1 aliphatic heterocycles.